The van der Waals surface area contributed by atoms with E-state index < -0.39 is 9.84 Å². The summed E-state index contributed by atoms with van der Waals surface area (Å²) in [6.45, 7) is 2.12. The van der Waals surface area contributed by atoms with Crippen LogP contribution in [0.25, 0.3) is 0 Å². The Labute approximate surface area is 144 Å². The highest BCUT2D eigenvalue weighted by molar-refractivity contribution is 7.92. The summed E-state index contributed by atoms with van der Waals surface area (Å²) < 4.78 is 26.2. The highest BCUT2D eigenvalue weighted by atomic mass is 32.2. The fourth-order valence-corrected chi connectivity index (χ4v) is 5.86. The Morgan fingerprint density at radius 1 is 1.12 bits per heavy atom. The molecule has 0 radical (unpaired) electrons. The summed E-state index contributed by atoms with van der Waals surface area (Å²) in [5.74, 6) is 0.193. The van der Waals surface area contributed by atoms with Gasteiger partial charge in [-0.3, -0.25) is 0 Å². The molecule has 0 saturated heterocycles. The lowest BCUT2D eigenvalue weighted by Crippen LogP contribution is -2.49. The summed E-state index contributed by atoms with van der Waals surface area (Å²) in [6, 6.07) is 7.34. The van der Waals surface area contributed by atoms with E-state index in [1.807, 2.05) is 25.1 Å². The number of aliphatic hydroxyl groups is 1. The van der Waals surface area contributed by atoms with Crippen molar-refractivity contribution in [3.63, 3.8) is 0 Å². The number of nitrogens with one attached hydrogen (secondary N) is 1. The zero-order valence-electron chi connectivity index (χ0n) is 14.2. The zero-order valence-corrected chi connectivity index (χ0v) is 15.0. The highest BCUT2D eigenvalue weighted by Crippen LogP contribution is 2.30. The fraction of sp³-hybridized carbons (Fsp3) is 0.579. The van der Waals surface area contributed by atoms with E-state index in [1.165, 1.54) is 0 Å². The summed E-state index contributed by atoms with van der Waals surface area (Å²) in [5.41, 5.74) is 1.07. The Bertz CT molecular complexity index is 681. The van der Waals surface area contributed by atoms with Gasteiger partial charge in [-0.1, -0.05) is 42.7 Å². The van der Waals surface area contributed by atoms with E-state index in [4.69, 9.17) is 0 Å². The average molecular weight is 349 g/mol. The maximum absolute atomic E-state index is 13.1. The first-order valence-corrected chi connectivity index (χ1v) is 10.4. The molecule has 4 atom stereocenters. The fourth-order valence-electron chi connectivity index (χ4n) is 3.87. The predicted molar refractivity (Wildman–Crippen MR) is 95.7 cm³/mol. The first-order valence-electron chi connectivity index (χ1n) is 8.86. The standard InChI is InChI=1S/C19H27NO3S/c1-14-6-10-17(11-7-14)24(22,23)19-5-3-2-4-18(19)20-16-9-8-15(12-16)13-21/h6-11,15-16,18-21H,2-5,12-13H2,1H3/t15-,16+,18-,19+/m0/s1. The van der Waals surface area contributed by atoms with E-state index in [1.54, 1.807) is 12.1 Å². The molecule has 4 nitrogen and oxygen atoms in total. The molecule has 0 unspecified atom stereocenters. The Morgan fingerprint density at radius 3 is 2.50 bits per heavy atom. The number of rotatable bonds is 5. The van der Waals surface area contributed by atoms with Crippen molar-refractivity contribution in [2.75, 3.05) is 6.61 Å². The van der Waals surface area contributed by atoms with Gasteiger partial charge in [-0.15, -0.1) is 0 Å². The van der Waals surface area contributed by atoms with Gasteiger partial charge in [0.15, 0.2) is 9.84 Å². The molecule has 132 valence electrons. The van der Waals surface area contributed by atoms with Crippen molar-refractivity contribution in [1.82, 2.24) is 5.32 Å². The second-order valence-electron chi connectivity index (χ2n) is 7.12. The summed E-state index contributed by atoms with van der Waals surface area (Å²) >= 11 is 0. The van der Waals surface area contributed by atoms with Crippen LogP contribution in [0.3, 0.4) is 0 Å². The molecular weight excluding hydrogens is 322 g/mol. The lowest BCUT2D eigenvalue weighted by atomic mass is 9.94. The van der Waals surface area contributed by atoms with Crippen LogP contribution in [0, 0.1) is 12.8 Å². The van der Waals surface area contributed by atoms with Gasteiger partial charge in [-0.25, -0.2) is 8.42 Å². The molecule has 1 aromatic rings. The molecule has 1 fully saturated rings. The molecule has 1 saturated carbocycles. The number of sulfone groups is 1. The Balaban J connectivity index is 1.76. The van der Waals surface area contributed by atoms with Crippen LogP contribution in [-0.4, -0.2) is 37.5 Å². The van der Waals surface area contributed by atoms with Gasteiger partial charge in [-0.05, 0) is 38.3 Å². The summed E-state index contributed by atoms with van der Waals surface area (Å²) in [6.07, 6.45) is 8.60. The van der Waals surface area contributed by atoms with Crippen LogP contribution in [0.15, 0.2) is 41.3 Å². The monoisotopic (exact) mass is 349 g/mol. The summed E-state index contributed by atoms with van der Waals surface area (Å²) in [4.78, 5) is 0.432. The van der Waals surface area contributed by atoms with Gasteiger partial charge in [0.2, 0.25) is 0 Å². The molecule has 0 aliphatic heterocycles. The maximum atomic E-state index is 13.1. The SMILES string of the molecule is Cc1ccc(S(=O)(=O)[C@@H]2CCCC[C@@H]2N[C@@H]2C=C[C@H](CO)C2)cc1. The number of aryl methyl sites for hydroxylation is 1. The largest absolute Gasteiger partial charge is 0.396 e. The molecule has 0 aromatic heterocycles. The Kier molecular flexibility index (Phi) is 5.42. The predicted octanol–water partition coefficient (Wildman–Crippen LogP) is 2.61. The van der Waals surface area contributed by atoms with E-state index in [0.29, 0.717) is 11.3 Å². The van der Waals surface area contributed by atoms with Crippen molar-refractivity contribution >= 4 is 9.84 Å². The number of benzene rings is 1. The molecule has 5 heteroatoms. The normalized spacial score (nSPS) is 30.6. The van der Waals surface area contributed by atoms with Gasteiger partial charge in [-0.2, -0.15) is 0 Å². The molecule has 2 aliphatic carbocycles. The molecule has 3 rings (SSSR count). The second-order valence-corrected chi connectivity index (χ2v) is 9.29. The van der Waals surface area contributed by atoms with Gasteiger partial charge in [0.05, 0.1) is 10.1 Å². The van der Waals surface area contributed by atoms with Gasteiger partial charge in [0, 0.05) is 24.6 Å². The van der Waals surface area contributed by atoms with Crippen molar-refractivity contribution in [2.45, 2.75) is 61.3 Å². The Hall–Kier alpha value is -1.17. The van der Waals surface area contributed by atoms with Crippen LogP contribution in [-0.2, 0) is 9.84 Å². The van der Waals surface area contributed by atoms with Crippen LogP contribution in [0.2, 0.25) is 0 Å². The molecule has 0 bridgehead atoms. The highest BCUT2D eigenvalue weighted by Gasteiger charge is 2.37. The van der Waals surface area contributed by atoms with Crippen molar-refractivity contribution in [2.24, 2.45) is 5.92 Å². The molecule has 0 spiro atoms. The van der Waals surface area contributed by atoms with Crippen LogP contribution >= 0.6 is 0 Å². The first-order chi connectivity index (χ1) is 11.5. The first kappa shape index (κ1) is 17.6. The van der Waals surface area contributed by atoms with E-state index >= 15 is 0 Å². The quantitative estimate of drug-likeness (QED) is 0.802. The van der Waals surface area contributed by atoms with Crippen LogP contribution < -0.4 is 5.32 Å². The van der Waals surface area contributed by atoms with Crippen molar-refractivity contribution < 1.29 is 13.5 Å². The minimum absolute atomic E-state index is 0.0165. The number of aliphatic hydroxyl groups excluding tert-OH is 1. The van der Waals surface area contributed by atoms with E-state index in [0.717, 1.165) is 31.2 Å². The summed E-state index contributed by atoms with van der Waals surface area (Å²) in [5, 5.41) is 12.4. The minimum atomic E-state index is -3.32. The van der Waals surface area contributed by atoms with Gasteiger partial charge in [0.1, 0.15) is 0 Å². The number of hydrogen-bond acceptors (Lipinski definition) is 4. The third-order valence-electron chi connectivity index (χ3n) is 5.29. The van der Waals surface area contributed by atoms with E-state index in [-0.39, 0.29) is 29.9 Å². The molecule has 2 N–H and O–H groups in total. The van der Waals surface area contributed by atoms with Crippen molar-refractivity contribution in [3.05, 3.63) is 42.0 Å². The molecule has 0 amide bonds. The Morgan fingerprint density at radius 2 is 1.83 bits per heavy atom. The third kappa shape index (κ3) is 3.73. The van der Waals surface area contributed by atoms with Gasteiger partial charge < -0.3 is 10.4 Å². The van der Waals surface area contributed by atoms with Crippen LogP contribution in [0.1, 0.15) is 37.7 Å². The maximum Gasteiger partial charge on any atom is 0.182 e. The summed E-state index contributed by atoms with van der Waals surface area (Å²) in [7, 11) is -3.32. The average Bonchev–Trinajstić information content (AvgIpc) is 3.03. The van der Waals surface area contributed by atoms with Crippen LogP contribution in [0.5, 0.6) is 0 Å². The van der Waals surface area contributed by atoms with E-state index in [9.17, 15) is 13.5 Å². The molecule has 2 aliphatic rings. The lowest BCUT2D eigenvalue weighted by molar-refractivity contribution is 0.242. The minimum Gasteiger partial charge on any atom is -0.396 e. The molecular formula is C19H27NO3S. The van der Waals surface area contributed by atoms with Gasteiger partial charge >= 0.3 is 0 Å². The second kappa shape index (κ2) is 7.38. The lowest BCUT2D eigenvalue weighted by Gasteiger charge is -2.34. The smallest absolute Gasteiger partial charge is 0.182 e. The molecule has 1 aromatic carbocycles. The van der Waals surface area contributed by atoms with E-state index in [2.05, 4.69) is 11.4 Å². The third-order valence-corrected chi connectivity index (χ3v) is 7.58. The van der Waals surface area contributed by atoms with Gasteiger partial charge in [0.25, 0.3) is 0 Å². The van der Waals surface area contributed by atoms with Crippen molar-refractivity contribution in [3.8, 4) is 0 Å². The molecule has 24 heavy (non-hydrogen) atoms. The topological polar surface area (TPSA) is 66.4 Å². The number of hydrogen-bond donors (Lipinski definition) is 2. The van der Waals surface area contributed by atoms with Crippen LogP contribution in [0.4, 0.5) is 0 Å². The molecule has 0 heterocycles. The van der Waals surface area contributed by atoms with Crippen molar-refractivity contribution in [1.29, 1.82) is 0 Å². The zero-order chi connectivity index (χ0) is 17.2.